The lowest BCUT2D eigenvalue weighted by Gasteiger charge is -2.32. The molecular weight excluding hydrogens is 218 g/mol. The first-order valence-electron chi connectivity index (χ1n) is 7.43. The van der Waals surface area contributed by atoms with Crippen LogP contribution in [0.5, 0.6) is 0 Å². The molecule has 1 aliphatic carbocycles. The Labute approximate surface area is 112 Å². The summed E-state index contributed by atoms with van der Waals surface area (Å²) < 4.78 is 0. The Morgan fingerprint density at radius 2 is 1.67 bits per heavy atom. The van der Waals surface area contributed by atoms with Crippen molar-refractivity contribution in [1.82, 2.24) is 5.32 Å². The molecule has 0 heterocycles. The molecule has 1 heteroatoms. The topological polar surface area (TPSA) is 12.0 Å². The van der Waals surface area contributed by atoms with Gasteiger partial charge in [0.25, 0.3) is 0 Å². The standard InChI is InChI=1S/C17H27N/c1-13-9-14(2)11-17(10-13)18-12-15(3)16-7-5-4-6-8-16/h4-8,13-15,17-18H,9-12H2,1-3H3. The minimum absolute atomic E-state index is 0.610. The van der Waals surface area contributed by atoms with Gasteiger partial charge in [-0.2, -0.15) is 0 Å². The molecule has 18 heavy (non-hydrogen) atoms. The molecule has 0 saturated heterocycles. The molecule has 1 fully saturated rings. The molecule has 1 N–H and O–H groups in total. The van der Waals surface area contributed by atoms with Crippen molar-refractivity contribution < 1.29 is 0 Å². The predicted molar refractivity (Wildman–Crippen MR) is 78.8 cm³/mol. The second-order valence-electron chi connectivity index (χ2n) is 6.33. The van der Waals surface area contributed by atoms with E-state index in [1.54, 1.807) is 0 Å². The fraction of sp³-hybridized carbons (Fsp3) is 0.647. The molecule has 0 aromatic heterocycles. The summed E-state index contributed by atoms with van der Waals surface area (Å²) in [7, 11) is 0. The first-order chi connectivity index (χ1) is 8.65. The van der Waals surface area contributed by atoms with Crippen LogP contribution in [0.15, 0.2) is 30.3 Å². The minimum Gasteiger partial charge on any atom is -0.313 e. The summed E-state index contributed by atoms with van der Waals surface area (Å²) in [6.07, 6.45) is 4.12. The molecule has 1 nitrogen and oxygen atoms in total. The summed E-state index contributed by atoms with van der Waals surface area (Å²) >= 11 is 0. The Kier molecular flexibility index (Phi) is 4.82. The van der Waals surface area contributed by atoms with E-state index in [0.717, 1.165) is 24.4 Å². The molecule has 0 bridgehead atoms. The Hall–Kier alpha value is -0.820. The fourth-order valence-electron chi connectivity index (χ4n) is 3.36. The van der Waals surface area contributed by atoms with Gasteiger partial charge in [0, 0.05) is 12.6 Å². The molecule has 0 amide bonds. The van der Waals surface area contributed by atoms with Crippen LogP contribution < -0.4 is 5.32 Å². The van der Waals surface area contributed by atoms with Crippen molar-refractivity contribution in [3.8, 4) is 0 Å². The van der Waals surface area contributed by atoms with E-state index < -0.39 is 0 Å². The highest BCUT2D eigenvalue weighted by molar-refractivity contribution is 5.19. The van der Waals surface area contributed by atoms with Crippen molar-refractivity contribution >= 4 is 0 Å². The van der Waals surface area contributed by atoms with Gasteiger partial charge in [-0.25, -0.2) is 0 Å². The number of hydrogen-bond acceptors (Lipinski definition) is 1. The van der Waals surface area contributed by atoms with E-state index >= 15 is 0 Å². The maximum Gasteiger partial charge on any atom is 0.00723 e. The molecular formula is C17H27N. The summed E-state index contributed by atoms with van der Waals surface area (Å²) in [6, 6.07) is 11.6. The van der Waals surface area contributed by atoms with Crippen LogP contribution >= 0.6 is 0 Å². The molecule has 0 spiro atoms. The van der Waals surface area contributed by atoms with Gasteiger partial charge in [0.2, 0.25) is 0 Å². The van der Waals surface area contributed by atoms with Crippen LogP contribution in [0.3, 0.4) is 0 Å². The van der Waals surface area contributed by atoms with Gasteiger partial charge in [-0.15, -0.1) is 0 Å². The molecule has 1 saturated carbocycles. The van der Waals surface area contributed by atoms with E-state index in [1.165, 1.54) is 24.8 Å². The van der Waals surface area contributed by atoms with Crippen molar-refractivity contribution in [2.75, 3.05) is 6.54 Å². The lowest BCUT2D eigenvalue weighted by molar-refractivity contribution is 0.237. The summed E-state index contributed by atoms with van der Waals surface area (Å²) in [5.41, 5.74) is 1.45. The second kappa shape index (κ2) is 6.38. The largest absolute Gasteiger partial charge is 0.313 e. The van der Waals surface area contributed by atoms with Crippen LogP contribution in [0.25, 0.3) is 0 Å². The molecule has 1 aromatic rings. The van der Waals surface area contributed by atoms with Crippen molar-refractivity contribution in [3.63, 3.8) is 0 Å². The average Bonchev–Trinajstić information content (AvgIpc) is 2.36. The highest BCUT2D eigenvalue weighted by Crippen LogP contribution is 2.28. The molecule has 3 unspecified atom stereocenters. The zero-order valence-electron chi connectivity index (χ0n) is 12.0. The van der Waals surface area contributed by atoms with Gasteiger partial charge in [0.05, 0.1) is 0 Å². The van der Waals surface area contributed by atoms with Crippen LogP contribution in [-0.4, -0.2) is 12.6 Å². The van der Waals surface area contributed by atoms with Gasteiger partial charge in [-0.1, -0.05) is 51.1 Å². The van der Waals surface area contributed by atoms with Crippen LogP contribution in [0, 0.1) is 11.8 Å². The van der Waals surface area contributed by atoms with E-state index in [1.807, 2.05) is 0 Å². The van der Waals surface area contributed by atoms with E-state index in [2.05, 4.69) is 56.4 Å². The van der Waals surface area contributed by atoms with Gasteiger partial charge < -0.3 is 5.32 Å². The van der Waals surface area contributed by atoms with Crippen molar-refractivity contribution in [3.05, 3.63) is 35.9 Å². The molecule has 3 atom stereocenters. The normalized spacial score (nSPS) is 30.1. The zero-order valence-corrected chi connectivity index (χ0v) is 12.0. The quantitative estimate of drug-likeness (QED) is 0.838. The fourth-order valence-corrected chi connectivity index (χ4v) is 3.36. The third kappa shape index (κ3) is 3.84. The van der Waals surface area contributed by atoms with Crippen LogP contribution in [0.2, 0.25) is 0 Å². The average molecular weight is 245 g/mol. The summed E-state index contributed by atoms with van der Waals surface area (Å²) in [5, 5.41) is 3.78. The Balaban J connectivity index is 1.81. The van der Waals surface area contributed by atoms with Gasteiger partial charge in [0.1, 0.15) is 0 Å². The Morgan fingerprint density at radius 3 is 2.28 bits per heavy atom. The zero-order chi connectivity index (χ0) is 13.0. The number of hydrogen-bond donors (Lipinski definition) is 1. The highest BCUT2D eigenvalue weighted by Gasteiger charge is 2.23. The summed E-state index contributed by atoms with van der Waals surface area (Å²) in [4.78, 5) is 0. The van der Waals surface area contributed by atoms with Crippen molar-refractivity contribution in [1.29, 1.82) is 0 Å². The molecule has 0 aliphatic heterocycles. The molecule has 0 radical (unpaired) electrons. The van der Waals surface area contributed by atoms with Crippen molar-refractivity contribution in [2.45, 2.75) is 52.0 Å². The number of benzene rings is 1. The van der Waals surface area contributed by atoms with E-state index in [9.17, 15) is 0 Å². The molecule has 1 aromatic carbocycles. The van der Waals surface area contributed by atoms with Crippen LogP contribution in [-0.2, 0) is 0 Å². The first kappa shape index (κ1) is 13.6. The van der Waals surface area contributed by atoms with E-state index in [0.29, 0.717) is 5.92 Å². The molecule has 2 rings (SSSR count). The Morgan fingerprint density at radius 1 is 1.06 bits per heavy atom. The second-order valence-corrected chi connectivity index (χ2v) is 6.33. The van der Waals surface area contributed by atoms with Gasteiger partial charge >= 0.3 is 0 Å². The molecule has 1 aliphatic rings. The summed E-state index contributed by atoms with van der Waals surface area (Å²) in [5.74, 6) is 2.38. The first-order valence-corrected chi connectivity index (χ1v) is 7.43. The van der Waals surface area contributed by atoms with Gasteiger partial charge in [0.15, 0.2) is 0 Å². The summed E-state index contributed by atoms with van der Waals surface area (Å²) in [6.45, 7) is 8.21. The van der Waals surface area contributed by atoms with Crippen molar-refractivity contribution in [2.24, 2.45) is 11.8 Å². The van der Waals surface area contributed by atoms with E-state index in [-0.39, 0.29) is 0 Å². The van der Waals surface area contributed by atoms with Gasteiger partial charge in [-0.3, -0.25) is 0 Å². The highest BCUT2D eigenvalue weighted by atomic mass is 14.9. The lowest BCUT2D eigenvalue weighted by Crippen LogP contribution is -2.38. The third-order valence-corrected chi connectivity index (χ3v) is 4.26. The third-order valence-electron chi connectivity index (χ3n) is 4.26. The minimum atomic E-state index is 0.610. The lowest BCUT2D eigenvalue weighted by atomic mass is 9.80. The van der Waals surface area contributed by atoms with E-state index in [4.69, 9.17) is 0 Å². The Bertz CT molecular complexity index is 336. The SMILES string of the molecule is CC1CC(C)CC(NCC(C)c2ccccc2)C1. The monoisotopic (exact) mass is 245 g/mol. The maximum absolute atomic E-state index is 3.78. The predicted octanol–water partition coefficient (Wildman–Crippen LogP) is 4.20. The number of nitrogens with one attached hydrogen (secondary N) is 1. The smallest absolute Gasteiger partial charge is 0.00723 e. The van der Waals surface area contributed by atoms with Gasteiger partial charge in [-0.05, 0) is 42.6 Å². The molecule has 100 valence electrons. The van der Waals surface area contributed by atoms with Crippen LogP contribution in [0.1, 0.15) is 51.5 Å². The maximum atomic E-state index is 3.78. The number of rotatable bonds is 4. The van der Waals surface area contributed by atoms with Crippen LogP contribution in [0.4, 0.5) is 0 Å².